The van der Waals surface area contributed by atoms with Gasteiger partial charge in [0.1, 0.15) is 16.8 Å². The molecular weight excluding hydrogens is 274 g/mol. The Bertz CT molecular complexity index is 593. The highest BCUT2D eigenvalue weighted by atomic mass is 32.1. The maximum absolute atomic E-state index is 5.71. The van der Waals surface area contributed by atoms with E-state index in [1.807, 2.05) is 0 Å². The zero-order chi connectivity index (χ0) is 13.9. The summed E-state index contributed by atoms with van der Waals surface area (Å²) >= 11 is 1.73. The number of aryl methyl sites for hydroxylation is 1. The highest BCUT2D eigenvalue weighted by molar-refractivity contribution is 7.18. The first-order valence-electron chi connectivity index (χ1n) is 7.05. The molecule has 1 aliphatic rings. The zero-order valence-electron chi connectivity index (χ0n) is 11.8. The predicted molar refractivity (Wildman–Crippen MR) is 80.5 cm³/mol. The highest BCUT2D eigenvalue weighted by Crippen LogP contribution is 2.31. The standard InChI is InChI=1S/C14H19N3O2S/c1-3-9-7-10-12(15-4-2)16-13(17-14(10)20-9)11-8-18-5-6-19-11/h7,11H,3-6,8H2,1-2H3,(H,15,16,17). The van der Waals surface area contributed by atoms with Crippen molar-refractivity contribution in [1.82, 2.24) is 9.97 Å². The van der Waals surface area contributed by atoms with Gasteiger partial charge in [-0.25, -0.2) is 9.97 Å². The molecule has 1 saturated heterocycles. The number of hydrogen-bond donors (Lipinski definition) is 1. The molecule has 5 nitrogen and oxygen atoms in total. The lowest BCUT2D eigenvalue weighted by atomic mass is 10.2. The largest absolute Gasteiger partial charge is 0.376 e. The minimum Gasteiger partial charge on any atom is -0.376 e. The van der Waals surface area contributed by atoms with Crippen molar-refractivity contribution < 1.29 is 9.47 Å². The topological polar surface area (TPSA) is 56.3 Å². The number of hydrogen-bond acceptors (Lipinski definition) is 6. The van der Waals surface area contributed by atoms with Crippen LogP contribution in [0.1, 0.15) is 30.7 Å². The van der Waals surface area contributed by atoms with Gasteiger partial charge in [-0.05, 0) is 19.4 Å². The Morgan fingerprint density at radius 2 is 2.25 bits per heavy atom. The molecule has 1 unspecified atom stereocenters. The normalized spacial score (nSPS) is 19.4. The summed E-state index contributed by atoms with van der Waals surface area (Å²) in [6, 6.07) is 2.18. The number of fused-ring (bicyclic) bond motifs is 1. The lowest BCUT2D eigenvalue weighted by Gasteiger charge is -2.22. The smallest absolute Gasteiger partial charge is 0.163 e. The second-order valence-electron chi connectivity index (χ2n) is 4.68. The molecule has 0 aliphatic carbocycles. The molecule has 0 aromatic carbocycles. The zero-order valence-corrected chi connectivity index (χ0v) is 12.6. The van der Waals surface area contributed by atoms with E-state index in [4.69, 9.17) is 9.47 Å². The van der Waals surface area contributed by atoms with Crippen LogP contribution in [0.3, 0.4) is 0 Å². The maximum Gasteiger partial charge on any atom is 0.163 e. The van der Waals surface area contributed by atoms with Crippen molar-refractivity contribution in [3.05, 3.63) is 16.8 Å². The van der Waals surface area contributed by atoms with Crippen LogP contribution >= 0.6 is 11.3 Å². The second kappa shape index (κ2) is 6.03. The lowest BCUT2D eigenvalue weighted by molar-refractivity contribution is -0.0933. The molecule has 0 radical (unpaired) electrons. The Kier molecular flexibility index (Phi) is 4.14. The van der Waals surface area contributed by atoms with Crippen LogP contribution in [0.4, 0.5) is 5.82 Å². The predicted octanol–water partition coefficient (Wildman–Crippen LogP) is 2.77. The van der Waals surface area contributed by atoms with Crippen LogP contribution in [0.15, 0.2) is 6.07 Å². The number of aromatic nitrogens is 2. The average Bonchev–Trinajstić information content (AvgIpc) is 2.92. The number of nitrogens with one attached hydrogen (secondary N) is 1. The second-order valence-corrected chi connectivity index (χ2v) is 5.80. The molecule has 108 valence electrons. The molecule has 6 heteroatoms. The molecule has 1 N–H and O–H groups in total. The Hall–Kier alpha value is -1.24. The van der Waals surface area contributed by atoms with Crippen LogP contribution in [0, 0.1) is 0 Å². The van der Waals surface area contributed by atoms with Crippen LogP contribution in [0.25, 0.3) is 10.2 Å². The molecule has 2 aromatic rings. The van der Waals surface area contributed by atoms with Crippen LogP contribution < -0.4 is 5.32 Å². The fourth-order valence-electron chi connectivity index (χ4n) is 2.25. The Labute approximate surface area is 122 Å². The van der Waals surface area contributed by atoms with E-state index in [-0.39, 0.29) is 6.10 Å². The molecule has 1 atom stereocenters. The molecule has 0 saturated carbocycles. The molecule has 0 spiro atoms. The van der Waals surface area contributed by atoms with Gasteiger partial charge in [0.15, 0.2) is 5.82 Å². The van der Waals surface area contributed by atoms with Crippen molar-refractivity contribution in [3.8, 4) is 0 Å². The summed E-state index contributed by atoms with van der Waals surface area (Å²) in [5.74, 6) is 1.62. The monoisotopic (exact) mass is 293 g/mol. The van der Waals surface area contributed by atoms with Crippen molar-refractivity contribution in [3.63, 3.8) is 0 Å². The number of anilines is 1. The van der Waals surface area contributed by atoms with Gasteiger partial charge < -0.3 is 14.8 Å². The van der Waals surface area contributed by atoms with Crippen molar-refractivity contribution in [2.45, 2.75) is 26.4 Å². The summed E-state index contributed by atoms with van der Waals surface area (Å²) in [6.45, 7) is 6.85. The van der Waals surface area contributed by atoms with Gasteiger partial charge in [-0.15, -0.1) is 11.3 Å². The third-order valence-electron chi connectivity index (χ3n) is 3.26. The first-order chi connectivity index (χ1) is 9.81. The van der Waals surface area contributed by atoms with Gasteiger partial charge >= 0.3 is 0 Å². The summed E-state index contributed by atoms with van der Waals surface area (Å²) in [6.07, 6.45) is 0.864. The summed E-state index contributed by atoms with van der Waals surface area (Å²) in [5, 5.41) is 4.43. The van der Waals surface area contributed by atoms with Crippen LogP contribution in [0.2, 0.25) is 0 Å². The van der Waals surface area contributed by atoms with Gasteiger partial charge in [0.05, 0.1) is 25.2 Å². The summed E-state index contributed by atoms with van der Waals surface area (Å²) in [7, 11) is 0. The van der Waals surface area contributed by atoms with Crippen molar-refractivity contribution >= 4 is 27.4 Å². The SMILES string of the molecule is CCNc1nc(C2COCCO2)nc2sc(CC)cc12. The third-order valence-corrected chi connectivity index (χ3v) is 4.43. The molecule has 1 fully saturated rings. The van der Waals surface area contributed by atoms with Crippen LogP contribution in [-0.2, 0) is 15.9 Å². The minimum atomic E-state index is -0.155. The van der Waals surface area contributed by atoms with Crippen molar-refractivity contribution in [2.24, 2.45) is 0 Å². The van der Waals surface area contributed by atoms with E-state index in [1.165, 1.54) is 4.88 Å². The minimum absolute atomic E-state index is 0.155. The Balaban J connectivity index is 2.03. The van der Waals surface area contributed by atoms with Gasteiger partial charge in [0.2, 0.25) is 0 Å². The highest BCUT2D eigenvalue weighted by Gasteiger charge is 2.22. The average molecular weight is 293 g/mol. The van der Waals surface area contributed by atoms with Gasteiger partial charge in [-0.1, -0.05) is 6.92 Å². The van der Waals surface area contributed by atoms with E-state index >= 15 is 0 Å². The van der Waals surface area contributed by atoms with Crippen LogP contribution in [0.5, 0.6) is 0 Å². The van der Waals surface area contributed by atoms with E-state index in [0.717, 1.165) is 34.8 Å². The summed E-state index contributed by atoms with van der Waals surface area (Å²) < 4.78 is 11.2. The van der Waals surface area contributed by atoms with E-state index in [0.29, 0.717) is 19.8 Å². The van der Waals surface area contributed by atoms with Gasteiger partial charge in [0, 0.05) is 11.4 Å². The Morgan fingerprint density at radius 3 is 2.95 bits per heavy atom. The molecular formula is C14H19N3O2S. The molecule has 1 aliphatic heterocycles. The van der Waals surface area contributed by atoms with Gasteiger partial charge in [-0.2, -0.15) is 0 Å². The number of rotatable bonds is 4. The van der Waals surface area contributed by atoms with Gasteiger partial charge in [0.25, 0.3) is 0 Å². The Morgan fingerprint density at radius 1 is 1.35 bits per heavy atom. The third kappa shape index (κ3) is 2.63. The van der Waals surface area contributed by atoms with Crippen molar-refractivity contribution in [1.29, 1.82) is 0 Å². The summed E-state index contributed by atoms with van der Waals surface area (Å²) in [5.41, 5.74) is 0. The van der Waals surface area contributed by atoms with Crippen LogP contribution in [-0.4, -0.2) is 36.3 Å². The van der Waals surface area contributed by atoms with E-state index in [2.05, 4.69) is 35.2 Å². The quantitative estimate of drug-likeness (QED) is 0.939. The molecule has 3 heterocycles. The molecule has 2 aromatic heterocycles. The number of nitrogens with zero attached hydrogens (tertiary/aromatic N) is 2. The molecule has 20 heavy (non-hydrogen) atoms. The summed E-state index contributed by atoms with van der Waals surface area (Å²) in [4.78, 5) is 11.7. The van der Waals surface area contributed by atoms with E-state index in [1.54, 1.807) is 11.3 Å². The number of thiophene rings is 1. The lowest BCUT2D eigenvalue weighted by Crippen LogP contribution is -2.23. The van der Waals surface area contributed by atoms with Crippen molar-refractivity contribution in [2.75, 3.05) is 31.7 Å². The number of ether oxygens (including phenoxy) is 2. The first kappa shape index (κ1) is 13.7. The fraction of sp³-hybridized carbons (Fsp3) is 0.571. The first-order valence-corrected chi connectivity index (χ1v) is 7.87. The molecule has 3 rings (SSSR count). The van der Waals surface area contributed by atoms with E-state index < -0.39 is 0 Å². The molecule has 0 amide bonds. The van der Waals surface area contributed by atoms with E-state index in [9.17, 15) is 0 Å². The van der Waals surface area contributed by atoms with Gasteiger partial charge in [-0.3, -0.25) is 0 Å². The fourth-order valence-corrected chi connectivity index (χ4v) is 3.22. The maximum atomic E-state index is 5.71. The molecule has 0 bridgehead atoms.